The summed E-state index contributed by atoms with van der Waals surface area (Å²) in [7, 11) is 1.24. The zero-order valence-corrected chi connectivity index (χ0v) is 24.8. The minimum atomic E-state index is -1.06. The van der Waals surface area contributed by atoms with E-state index in [0.29, 0.717) is 29.1 Å². The number of nitrogens with zero attached hydrogens (tertiary/aromatic N) is 2. The molecule has 2 aromatic heterocycles. The molecule has 0 aliphatic rings. The molecular formula is C33H38FN3O6. The van der Waals surface area contributed by atoms with Gasteiger partial charge >= 0.3 is 5.97 Å². The fraction of sp³-hybridized carbons (Fsp3) is 0.364. The quantitative estimate of drug-likeness (QED) is 0.178. The third-order valence-corrected chi connectivity index (χ3v) is 7.23. The number of methoxy groups -OCH3 is 1. The van der Waals surface area contributed by atoms with Gasteiger partial charge in [0.2, 0.25) is 0 Å². The number of ether oxygens (including phenoxy) is 1. The van der Waals surface area contributed by atoms with Crippen LogP contribution in [0.3, 0.4) is 0 Å². The summed E-state index contributed by atoms with van der Waals surface area (Å²) >= 11 is 0. The predicted octanol–water partition coefficient (Wildman–Crippen LogP) is 5.38. The number of carbonyl (C=O) groups excluding carboxylic acids is 2. The number of nitrogens with one attached hydrogen (secondary N) is 1. The summed E-state index contributed by atoms with van der Waals surface area (Å²) in [5.41, 5.74) is 4.76. The van der Waals surface area contributed by atoms with E-state index in [4.69, 9.17) is 4.52 Å². The van der Waals surface area contributed by atoms with Crippen molar-refractivity contribution < 1.29 is 33.5 Å². The van der Waals surface area contributed by atoms with Crippen molar-refractivity contribution >= 4 is 11.9 Å². The number of hydrogen-bond acceptors (Lipinski definition) is 7. The summed E-state index contributed by atoms with van der Waals surface area (Å²) in [5, 5.41) is 28.1. The first-order valence-corrected chi connectivity index (χ1v) is 14.3. The lowest BCUT2D eigenvalue weighted by molar-refractivity contribution is -0.143. The van der Waals surface area contributed by atoms with Crippen molar-refractivity contribution in [3.05, 3.63) is 89.3 Å². The molecule has 0 saturated carbocycles. The van der Waals surface area contributed by atoms with Gasteiger partial charge in [-0.1, -0.05) is 47.6 Å². The molecule has 3 N–H and O–H groups in total. The number of aliphatic hydroxyl groups excluding tert-OH is 2. The highest BCUT2D eigenvalue weighted by Crippen LogP contribution is 2.42. The number of aliphatic hydroxyl groups is 2. The van der Waals surface area contributed by atoms with E-state index in [1.165, 1.54) is 19.2 Å². The maximum absolute atomic E-state index is 14.0. The molecule has 0 bridgehead atoms. The molecule has 0 radical (unpaired) electrons. The summed E-state index contributed by atoms with van der Waals surface area (Å²) in [6.07, 6.45) is -1.63. The Labute approximate surface area is 250 Å². The second-order valence-corrected chi connectivity index (χ2v) is 10.9. The van der Waals surface area contributed by atoms with Crippen molar-refractivity contribution in [2.45, 2.75) is 71.2 Å². The molecule has 4 rings (SSSR count). The molecular weight excluding hydrogens is 553 g/mol. The highest BCUT2D eigenvalue weighted by atomic mass is 19.1. The van der Waals surface area contributed by atoms with Crippen LogP contribution in [0.1, 0.15) is 66.8 Å². The number of amides is 1. The largest absolute Gasteiger partial charge is 0.469 e. The zero-order valence-electron chi connectivity index (χ0n) is 24.8. The van der Waals surface area contributed by atoms with Crippen LogP contribution in [0.4, 0.5) is 4.39 Å². The summed E-state index contributed by atoms with van der Waals surface area (Å²) in [6, 6.07) is 17.2. The van der Waals surface area contributed by atoms with Crippen molar-refractivity contribution in [1.82, 2.24) is 15.0 Å². The lowest BCUT2D eigenvalue weighted by atomic mass is 9.92. The number of hydrogen-bond donors (Lipinski definition) is 3. The maximum Gasteiger partial charge on any atom is 0.308 e. The van der Waals surface area contributed by atoms with Gasteiger partial charge in [0.1, 0.15) is 23.0 Å². The number of aromatic nitrogens is 2. The van der Waals surface area contributed by atoms with Gasteiger partial charge in [0, 0.05) is 28.9 Å². The van der Waals surface area contributed by atoms with Crippen LogP contribution in [-0.2, 0) is 22.5 Å². The van der Waals surface area contributed by atoms with Crippen molar-refractivity contribution in [2.24, 2.45) is 0 Å². The van der Waals surface area contributed by atoms with E-state index in [1.54, 1.807) is 25.1 Å². The summed E-state index contributed by atoms with van der Waals surface area (Å²) < 4.78 is 25.8. The fourth-order valence-corrected chi connectivity index (χ4v) is 5.34. The highest BCUT2D eigenvalue weighted by molar-refractivity contribution is 6.05. The lowest BCUT2D eigenvalue weighted by Gasteiger charge is -2.20. The maximum atomic E-state index is 14.0. The fourth-order valence-electron chi connectivity index (χ4n) is 5.34. The Hall–Kier alpha value is -4.28. The van der Waals surface area contributed by atoms with E-state index in [1.807, 2.05) is 48.7 Å². The van der Waals surface area contributed by atoms with Gasteiger partial charge in [0.05, 0.1) is 32.3 Å². The molecule has 43 heavy (non-hydrogen) atoms. The van der Waals surface area contributed by atoms with Gasteiger partial charge in [-0.05, 0) is 63.3 Å². The molecule has 0 fully saturated rings. The van der Waals surface area contributed by atoms with Crippen LogP contribution in [0.5, 0.6) is 0 Å². The lowest BCUT2D eigenvalue weighted by Crippen LogP contribution is -2.27. The number of aryl methyl sites for hydroxylation is 1. The number of rotatable bonds is 13. The summed E-state index contributed by atoms with van der Waals surface area (Å²) in [5.74, 6) is -0.630. The smallest absolute Gasteiger partial charge is 0.308 e. The van der Waals surface area contributed by atoms with Gasteiger partial charge in [-0.25, -0.2) is 4.39 Å². The SMILES string of the molecule is COC(=O)C[C@H](O)C[C@@H](O)CCc1c(-c2ccc(F)cc2)c(-c2ccccc2)c(C(=O)NCc2cc(C)on2)n1C(C)C. The monoisotopic (exact) mass is 591 g/mol. The Morgan fingerprint density at radius 1 is 1.02 bits per heavy atom. The second-order valence-electron chi connectivity index (χ2n) is 10.9. The molecule has 10 heteroatoms. The van der Waals surface area contributed by atoms with Crippen LogP contribution in [0, 0.1) is 12.7 Å². The third kappa shape index (κ3) is 7.77. The second kappa shape index (κ2) is 14.3. The molecule has 2 heterocycles. The third-order valence-electron chi connectivity index (χ3n) is 7.23. The highest BCUT2D eigenvalue weighted by Gasteiger charge is 2.30. The number of halogens is 1. The molecule has 1 amide bonds. The first-order chi connectivity index (χ1) is 20.6. The molecule has 2 aromatic carbocycles. The van der Waals surface area contributed by atoms with Gasteiger partial charge in [-0.2, -0.15) is 0 Å². The molecule has 0 spiro atoms. The standard InChI is InChI=1S/C33H38FN3O6/c1-20(2)37-28(15-14-26(38)17-27(39)18-29(40)42-4)30(23-10-12-24(34)13-11-23)31(22-8-6-5-7-9-22)32(37)33(41)35-19-25-16-21(3)43-36-25/h5-13,16,20,26-27,38-39H,14-15,17-19H2,1-4H3,(H,35,41)/t26-,27+/m0/s1. The normalized spacial score (nSPS) is 12.7. The summed E-state index contributed by atoms with van der Waals surface area (Å²) in [4.78, 5) is 25.6. The molecule has 0 aliphatic carbocycles. The van der Waals surface area contributed by atoms with Gasteiger partial charge < -0.3 is 29.4 Å². The predicted molar refractivity (Wildman–Crippen MR) is 160 cm³/mol. The Morgan fingerprint density at radius 2 is 1.70 bits per heavy atom. The Kier molecular flexibility index (Phi) is 10.5. The van der Waals surface area contributed by atoms with Crippen molar-refractivity contribution in [1.29, 1.82) is 0 Å². The Balaban J connectivity index is 1.82. The van der Waals surface area contributed by atoms with Crippen molar-refractivity contribution in [2.75, 3.05) is 7.11 Å². The van der Waals surface area contributed by atoms with Crippen LogP contribution in [0.15, 0.2) is 65.2 Å². The van der Waals surface area contributed by atoms with E-state index in [9.17, 15) is 24.2 Å². The zero-order chi connectivity index (χ0) is 31.1. The first kappa shape index (κ1) is 31.7. The van der Waals surface area contributed by atoms with Crippen LogP contribution in [0.2, 0.25) is 0 Å². The van der Waals surface area contributed by atoms with Crippen LogP contribution in [-0.4, -0.2) is 51.1 Å². The average molecular weight is 592 g/mol. The Bertz CT molecular complexity index is 1530. The number of carbonyl (C=O) groups is 2. The molecule has 4 aromatic rings. The van der Waals surface area contributed by atoms with Gasteiger partial charge in [0.25, 0.3) is 5.91 Å². The Morgan fingerprint density at radius 3 is 2.30 bits per heavy atom. The summed E-state index contributed by atoms with van der Waals surface area (Å²) in [6.45, 7) is 5.88. The topological polar surface area (TPSA) is 127 Å². The van der Waals surface area contributed by atoms with Gasteiger partial charge in [-0.3, -0.25) is 9.59 Å². The number of esters is 1. The van der Waals surface area contributed by atoms with Crippen LogP contribution >= 0.6 is 0 Å². The molecule has 2 atom stereocenters. The average Bonchev–Trinajstić information content (AvgIpc) is 3.56. The van der Waals surface area contributed by atoms with Crippen molar-refractivity contribution in [3.63, 3.8) is 0 Å². The number of benzene rings is 2. The minimum Gasteiger partial charge on any atom is -0.469 e. The van der Waals surface area contributed by atoms with Crippen molar-refractivity contribution in [3.8, 4) is 22.3 Å². The molecule has 0 unspecified atom stereocenters. The molecule has 0 aliphatic heterocycles. The van der Waals surface area contributed by atoms with Gasteiger partial charge in [-0.15, -0.1) is 0 Å². The van der Waals surface area contributed by atoms with E-state index in [2.05, 4.69) is 15.2 Å². The minimum absolute atomic E-state index is 0.0145. The first-order valence-electron chi connectivity index (χ1n) is 14.3. The van der Waals surface area contributed by atoms with E-state index < -0.39 is 18.2 Å². The van der Waals surface area contributed by atoms with E-state index in [-0.39, 0.29) is 43.6 Å². The molecule has 9 nitrogen and oxygen atoms in total. The molecule has 0 saturated heterocycles. The van der Waals surface area contributed by atoms with E-state index in [0.717, 1.165) is 22.4 Å². The molecule has 228 valence electrons. The van der Waals surface area contributed by atoms with E-state index >= 15 is 0 Å². The van der Waals surface area contributed by atoms with Crippen LogP contribution in [0.25, 0.3) is 22.3 Å². The van der Waals surface area contributed by atoms with Gasteiger partial charge in [0.15, 0.2) is 0 Å². The van der Waals surface area contributed by atoms with Crippen LogP contribution < -0.4 is 5.32 Å².